The Labute approximate surface area is 129 Å². The van der Waals surface area contributed by atoms with Crippen LogP contribution in [0.3, 0.4) is 0 Å². The fourth-order valence-corrected chi connectivity index (χ4v) is 3.18. The van der Waals surface area contributed by atoms with E-state index >= 15 is 0 Å². The zero-order valence-corrected chi connectivity index (χ0v) is 13.6. The van der Waals surface area contributed by atoms with Gasteiger partial charge in [0.1, 0.15) is 0 Å². The molecule has 0 spiro atoms. The molecule has 0 aromatic carbocycles. The molecule has 1 atom stereocenters. The molecule has 0 bridgehead atoms. The molecule has 1 aromatic heterocycles. The van der Waals surface area contributed by atoms with Gasteiger partial charge in [0.2, 0.25) is 0 Å². The van der Waals surface area contributed by atoms with Crippen LogP contribution in [0.4, 0.5) is 0 Å². The highest BCUT2D eigenvalue weighted by atomic mass is 79.9. The van der Waals surface area contributed by atoms with Gasteiger partial charge in [0, 0.05) is 49.1 Å². The first kappa shape index (κ1) is 15.9. The molecule has 0 aliphatic carbocycles. The number of ether oxygens (including phenoxy) is 2. The maximum atomic E-state index is 5.74. The van der Waals surface area contributed by atoms with Crippen LogP contribution in [-0.4, -0.2) is 45.0 Å². The predicted octanol–water partition coefficient (Wildman–Crippen LogP) is 2.42. The number of hydrogen-bond donors (Lipinski definition) is 1. The lowest BCUT2D eigenvalue weighted by atomic mass is 9.77. The Balaban J connectivity index is 1.98. The quantitative estimate of drug-likeness (QED) is 0.773. The van der Waals surface area contributed by atoms with Crippen LogP contribution in [0.2, 0.25) is 0 Å². The van der Waals surface area contributed by atoms with Gasteiger partial charge in [0.15, 0.2) is 0 Å². The molecule has 2 rings (SSSR count). The Morgan fingerprint density at radius 1 is 1.50 bits per heavy atom. The number of nitrogens with zero attached hydrogens (tertiary/aromatic N) is 1. The van der Waals surface area contributed by atoms with Crippen molar-refractivity contribution in [3.05, 3.63) is 28.5 Å². The molecule has 1 aromatic rings. The van der Waals surface area contributed by atoms with Crippen LogP contribution in [0.1, 0.15) is 18.4 Å². The molecule has 112 valence electrons. The first-order valence-electron chi connectivity index (χ1n) is 7.11. The average Bonchev–Trinajstić information content (AvgIpc) is 2.45. The Hall–Kier alpha value is -0.490. The second kappa shape index (κ2) is 8.08. The van der Waals surface area contributed by atoms with Gasteiger partial charge in [-0.05, 0) is 46.8 Å². The van der Waals surface area contributed by atoms with E-state index < -0.39 is 0 Å². The van der Waals surface area contributed by atoms with Gasteiger partial charge >= 0.3 is 0 Å². The minimum atomic E-state index is 0.175. The number of nitrogens with one attached hydrogen (secondary N) is 1. The summed E-state index contributed by atoms with van der Waals surface area (Å²) in [5, 5.41) is 3.49. The van der Waals surface area contributed by atoms with Gasteiger partial charge in [-0.3, -0.25) is 4.98 Å². The minimum Gasteiger partial charge on any atom is -0.383 e. The summed E-state index contributed by atoms with van der Waals surface area (Å²) in [6.07, 6.45) is 7.10. The first-order chi connectivity index (χ1) is 9.74. The van der Waals surface area contributed by atoms with Gasteiger partial charge < -0.3 is 14.8 Å². The molecule has 0 radical (unpaired) electrons. The number of methoxy groups -OCH3 is 1. The van der Waals surface area contributed by atoms with Gasteiger partial charge in [0.25, 0.3) is 0 Å². The lowest BCUT2D eigenvalue weighted by Crippen LogP contribution is -2.43. The maximum absolute atomic E-state index is 5.74. The second-order valence-corrected chi connectivity index (χ2v) is 6.43. The predicted molar refractivity (Wildman–Crippen MR) is 82.9 cm³/mol. The van der Waals surface area contributed by atoms with Crippen molar-refractivity contribution >= 4 is 15.9 Å². The van der Waals surface area contributed by atoms with Gasteiger partial charge in [-0.1, -0.05) is 0 Å². The molecule has 1 aliphatic rings. The highest BCUT2D eigenvalue weighted by molar-refractivity contribution is 9.10. The van der Waals surface area contributed by atoms with Gasteiger partial charge in [0.05, 0.1) is 13.2 Å². The summed E-state index contributed by atoms with van der Waals surface area (Å²) < 4.78 is 11.9. The summed E-state index contributed by atoms with van der Waals surface area (Å²) in [4.78, 5) is 4.26. The van der Waals surface area contributed by atoms with Crippen LogP contribution in [0.5, 0.6) is 0 Å². The normalized spacial score (nSPS) is 22.9. The van der Waals surface area contributed by atoms with Crippen LogP contribution in [-0.2, 0) is 15.9 Å². The van der Waals surface area contributed by atoms with Crippen molar-refractivity contribution in [1.82, 2.24) is 10.3 Å². The molecule has 20 heavy (non-hydrogen) atoms. The van der Waals surface area contributed by atoms with E-state index in [-0.39, 0.29) is 5.41 Å². The molecule has 1 fully saturated rings. The van der Waals surface area contributed by atoms with E-state index in [9.17, 15) is 0 Å². The van der Waals surface area contributed by atoms with Crippen LogP contribution in [0.15, 0.2) is 22.9 Å². The summed E-state index contributed by atoms with van der Waals surface area (Å²) in [6, 6.07) is 2.15. The van der Waals surface area contributed by atoms with Crippen molar-refractivity contribution in [3.8, 4) is 0 Å². The number of pyridine rings is 1. The molecule has 1 saturated heterocycles. The zero-order valence-electron chi connectivity index (χ0n) is 12.0. The van der Waals surface area contributed by atoms with Crippen LogP contribution < -0.4 is 5.32 Å². The minimum absolute atomic E-state index is 0.175. The molecular weight excluding hydrogens is 320 g/mol. The molecule has 0 saturated carbocycles. The monoisotopic (exact) mass is 342 g/mol. The van der Waals surface area contributed by atoms with Crippen molar-refractivity contribution in [3.63, 3.8) is 0 Å². The van der Waals surface area contributed by atoms with Crippen molar-refractivity contribution < 1.29 is 9.47 Å². The summed E-state index contributed by atoms with van der Waals surface area (Å²) in [7, 11) is 1.73. The number of aromatic nitrogens is 1. The number of rotatable bonds is 7. The number of hydrogen-bond acceptors (Lipinski definition) is 4. The van der Waals surface area contributed by atoms with Crippen molar-refractivity contribution in [2.75, 3.05) is 40.0 Å². The SMILES string of the molecule is COCCNCC1(Cc2cncc(Br)c2)CCCOC1. The molecule has 4 nitrogen and oxygen atoms in total. The van der Waals surface area contributed by atoms with Crippen molar-refractivity contribution in [2.45, 2.75) is 19.3 Å². The molecule has 5 heteroatoms. The topological polar surface area (TPSA) is 43.4 Å². The fraction of sp³-hybridized carbons (Fsp3) is 0.667. The first-order valence-corrected chi connectivity index (χ1v) is 7.90. The van der Waals surface area contributed by atoms with Gasteiger partial charge in [-0.25, -0.2) is 0 Å². The van der Waals surface area contributed by atoms with E-state index in [1.54, 1.807) is 7.11 Å². The zero-order chi connectivity index (χ0) is 14.3. The third kappa shape index (κ3) is 4.81. The Morgan fingerprint density at radius 2 is 2.40 bits per heavy atom. The van der Waals surface area contributed by atoms with E-state index in [4.69, 9.17) is 9.47 Å². The van der Waals surface area contributed by atoms with E-state index in [0.717, 1.165) is 50.2 Å². The van der Waals surface area contributed by atoms with Gasteiger partial charge in [-0.15, -0.1) is 0 Å². The molecular formula is C15H23BrN2O2. The molecule has 2 heterocycles. The standard InChI is InChI=1S/C15H23BrN2O2/c1-19-6-4-17-11-15(3-2-5-20-12-15)8-13-7-14(16)10-18-9-13/h7,9-10,17H,2-6,8,11-12H2,1H3. The largest absolute Gasteiger partial charge is 0.383 e. The summed E-state index contributed by atoms with van der Waals surface area (Å²) in [6.45, 7) is 4.29. The van der Waals surface area contributed by atoms with Crippen LogP contribution in [0, 0.1) is 5.41 Å². The molecule has 1 unspecified atom stereocenters. The molecule has 0 amide bonds. The summed E-state index contributed by atoms with van der Waals surface area (Å²) in [5.74, 6) is 0. The summed E-state index contributed by atoms with van der Waals surface area (Å²) in [5.41, 5.74) is 1.44. The van der Waals surface area contributed by atoms with Crippen molar-refractivity contribution in [2.24, 2.45) is 5.41 Å². The lowest BCUT2D eigenvalue weighted by Gasteiger charge is -2.37. The van der Waals surface area contributed by atoms with Crippen molar-refractivity contribution in [1.29, 1.82) is 0 Å². The highest BCUT2D eigenvalue weighted by Gasteiger charge is 2.32. The smallest absolute Gasteiger partial charge is 0.0587 e. The number of halogens is 1. The Kier molecular flexibility index (Phi) is 6.42. The third-order valence-electron chi connectivity index (χ3n) is 3.73. The Morgan fingerprint density at radius 3 is 3.10 bits per heavy atom. The second-order valence-electron chi connectivity index (χ2n) is 5.51. The maximum Gasteiger partial charge on any atom is 0.0587 e. The van der Waals surface area contributed by atoms with E-state index in [0.29, 0.717) is 0 Å². The van der Waals surface area contributed by atoms with Gasteiger partial charge in [-0.2, -0.15) is 0 Å². The van der Waals surface area contributed by atoms with E-state index in [1.165, 1.54) is 12.0 Å². The fourth-order valence-electron chi connectivity index (χ4n) is 2.76. The highest BCUT2D eigenvalue weighted by Crippen LogP contribution is 2.32. The Bertz CT molecular complexity index is 409. The van der Waals surface area contributed by atoms with E-state index in [2.05, 4.69) is 32.3 Å². The van der Waals surface area contributed by atoms with Crippen LogP contribution in [0.25, 0.3) is 0 Å². The lowest BCUT2D eigenvalue weighted by molar-refractivity contribution is -0.00774. The summed E-state index contributed by atoms with van der Waals surface area (Å²) >= 11 is 3.49. The third-order valence-corrected chi connectivity index (χ3v) is 4.16. The average molecular weight is 343 g/mol. The van der Waals surface area contributed by atoms with Crippen LogP contribution >= 0.6 is 15.9 Å². The molecule has 1 N–H and O–H groups in total. The molecule has 1 aliphatic heterocycles. The van der Waals surface area contributed by atoms with E-state index in [1.807, 2.05) is 12.4 Å².